The molecule has 1 unspecified atom stereocenters. The molecule has 0 heterocycles. The molecule has 0 bridgehead atoms. The number of hydrogen-bond acceptors (Lipinski definition) is 2. The molecule has 0 amide bonds. The van der Waals surface area contributed by atoms with Crippen molar-refractivity contribution in [3.05, 3.63) is 68.7 Å². The lowest BCUT2D eigenvalue weighted by atomic mass is 9.96. The second kappa shape index (κ2) is 6.53. The van der Waals surface area contributed by atoms with Gasteiger partial charge in [0, 0.05) is 9.50 Å². The molecule has 0 saturated heterocycles. The summed E-state index contributed by atoms with van der Waals surface area (Å²) in [6, 6.07) is 14.2. The standard InChI is InChI=1S/C15H16BrClN2/c1-10-5-6-13(17)9-14(10)15(19-18)8-11-3-2-4-12(16)7-11/h2-7,9,15,19H,8,18H2,1H3. The molecule has 2 aromatic carbocycles. The first-order valence-electron chi connectivity index (χ1n) is 6.07. The van der Waals surface area contributed by atoms with E-state index in [4.69, 9.17) is 17.4 Å². The van der Waals surface area contributed by atoms with E-state index in [1.807, 2.05) is 30.3 Å². The van der Waals surface area contributed by atoms with Gasteiger partial charge >= 0.3 is 0 Å². The first-order chi connectivity index (χ1) is 9.10. The predicted molar refractivity (Wildman–Crippen MR) is 84.1 cm³/mol. The SMILES string of the molecule is Cc1ccc(Cl)cc1C(Cc1cccc(Br)c1)NN. The Balaban J connectivity index is 2.27. The predicted octanol–water partition coefficient (Wildman–Crippen LogP) is 4.16. The van der Waals surface area contributed by atoms with Crippen LogP contribution >= 0.6 is 27.5 Å². The summed E-state index contributed by atoms with van der Waals surface area (Å²) in [6.07, 6.45) is 0.817. The van der Waals surface area contributed by atoms with Gasteiger partial charge in [-0.1, -0.05) is 45.7 Å². The highest BCUT2D eigenvalue weighted by molar-refractivity contribution is 9.10. The van der Waals surface area contributed by atoms with Crippen LogP contribution in [-0.2, 0) is 6.42 Å². The topological polar surface area (TPSA) is 38.0 Å². The largest absolute Gasteiger partial charge is 0.271 e. The van der Waals surface area contributed by atoms with Crippen molar-refractivity contribution in [3.8, 4) is 0 Å². The zero-order valence-corrected chi connectivity index (χ0v) is 13.0. The molecule has 1 atom stereocenters. The minimum absolute atomic E-state index is 0.0491. The van der Waals surface area contributed by atoms with Gasteiger partial charge in [-0.2, -0.15) is 0 Å². The highest BCUT2D eigenvalue weighted by Gasteiger charge is 2.13. The highest BCUT2D eigenvalue weighted by atomic mass is 79.9. The van der Waals surface area contributed by atoms with Crippen molar-refractivity contribution >= 4 is 27.5 Å². The summed E-state index contributed by atoms with van der Waals surface area (Å²) >= 11 is 9.55. The van der Waals surface area contributed by atoms with Gasteiger partial charge in [-0.25, -0.2) is 0 Å². The molecule has 2 rings (SSSR count). The Hall–Kier alpha value is -0.870. The van der Waals surface area contributed by atoms with E-state index in [2.05, 4.69) is 40.4 Å². The lowest BCUT2D eigenvalue weighted by molar-refractivity contribution is 0.549. The van der Waals surface area contributed by atoms with Crippen LogP contribution in [0, 0.1) is 6.92 Å². The normalized spacial score (nSPS) is 12.4. The van der Waals surface area contributed by atoms with Crippen molar-refractivity contribution in [2.45, 2.75) is 19.4 Å². The lowest BCUT2D eigenvalue weighted by Gasteiger charge is -2.19. The molecule has 0 aliphatic heterocycles. The number of nitrogens with one attached hydrogen (secondary N) is 1. The number of rotatable bonds is 4. The maximum absolute atomic E-state index is 6.07. The molecule has 0 aromatic heterocycles. The van der Waals surface area contributed by atoms with Gasteiger partial charge in [0.25, 0.3) is 0 Å². The van der Waals surface area contributed by atoms with E-state index in [0.717, 1.165) is 21.5 Å². The van der Waals surface area contributed by atoms with Gasteiger partial charge in [-0.3, -0.25) is 11.3 Å². The summed E-state index contributed by atoms with van der Waals surface area (Å²) in [4.78, 5) is 0. The summed E-state index contributed by atoms with van der Waals surface area (Å²) in [7, 11) is 0. The number of aryl methyl sites for hydroxylation is 1. The van der Waals surface area contributed by atoms with Gasteiger partial charge < -0.3 is 0 Å². The van der Waals surface area contributed by atoms with E-state index in [-0.39, 0.29) is 6.04 Å². The third-order valence-corrected chi connectivity index (χ3v) is 3.88. The maximum Gasteiger partial charge on any atom is 0.0503 e. The van der Waals surface area contributed by atoms with Crippen LogP contribution in [0.3, 0.4) is 0 Å². The number of benzene rings is 2. The van der Waals surface area contributed by atoms with Crippen LogP contribution in [0.25, 0.3) is 0 Å². The van der Waals surface area contributed by atoms with Crippen LogP contribution in [0.4, 0.5) is 0 Å². The molecular weight excluding hydrogens is 324 g/mol. The Kier molecular flexibility index (Phi) is 4.99. The molecule has 0 spiro atoms. The quantitative estimate of drug-likeness (QED) is 0.648. The number of hydrazine groups is 1. The first-order valence-corrected chi connectivity index (χ1v) is 7.24. The van der Waals surface area contributed by atoms with Crippen LogP contribution in [-0.4, -0.2) is 0 Å². The van der Waals surface area contributed by atoms with E-state index >= 15 is 0 Å². The summed E-state index contributed by atoms with van der Waals surface area (Å²) in [5, 5.41) is 0.732. The van der Waals surface area contributed by atoms with Crippen LogP contribution in [0.15, 0.2) is 46.9 Å². The monoisotopic (exact) mass is 338 g/mol. The molecule has 0 saturated carbocycles. The maximum atomic E-state index is 6.07. The van der Waals surface area contributed by atoms with Crippen molar-refractivity contribution in [2.75, 3.05) is 0 Å². The zero-order valence-electron chi connectivity index (χ0n) is 10.7. The second-order valence-corrected chi connectivity index (χ2v) is 5.91. The summed E-state index contributed by atoms with van der Waals surface area (Å²) in [6.45, 7) is 2.07. The summed E-state index contributed by atoms with van der Waals surface area (Å²) in [5.41, 5.74) is 6.42. The molecule has 2 nitrogen and oxygen atoms in total. The minimum atomic E-state index is 0.0491. The Morgan fingerprint density at radius 3 is 2.74 bits per heavy atom. The van der Waals surface area contributed by atoms with Crippen molar-refractivity contribution in [1.29, 1.82) is 0 Å². The molecular formula is C15H16BrClN2. The lowest BCUT2D eigenvalue weighted by Crippen LogP contribution is -2.30. The molecule has 0 aliphatic carbocycles. The summed E-state index contributed by atoms with van der Waals surface area (Å²) in [5.74, 6) is 5.70. The molecule has 4 heteroatoms. The number of nitrogens with two attached hydrogens (primary N) is 1. The molecule has 0 aliphatic rings. The van der Waals surface area contributed by atoms with E-state index in [1.54, 1.807) is 0 Å². The molecule has 2 aromatic rings. The number of halogens is 2. The third kappa shape index (κ3) is 3.80. The average molecular weight is 340 g/mol. The van der Waals surface area contributed by atoms with E-state index in [1.165, 1.54) is 11.1 Å². The van der Waals surface area contributed by atoms with Crippen molar-refractivity contribution in [2.24, 2.45) is 5.84 Å². The third-order valence-electron chi connectivity index (χ3n) is 3.15. The van der Waals surface area contributed by atoms with Gasteiger partial charge in [0.2, 0.25) is 0 Å². The molecule has 100 valence electrons. The Morgan fingerprint density at radius 1 is 1.26 bits per heavy atom. The average Bonchev–Trinajstić information content (AvgIpc) is 2.39. The van der Waals surface area contributed by atoms with Gasteiger partial charge in [-0.05, 0) is 54.3 Å². The van der Waals surface area contributed by atoms with Gasteiger partial charge in [0.1, 0.15) is 0 Å². The highest BCUT2D eigenvalue weighted by Crippen LogP contribution is 2.25. The summed E-state index contributed by atoms with van der Waals surface area (Å²) < 4.78 is 1.07. The molecule has 0 radical (unpaired) electrons. The Bertz CT molecular complexity index is 572. The van der Waals surface area contributed by atoms with Crippen molar-refractivity contribution < 1.29 is 0 Å². The molecule has 19 heavy (non-hydrogen) atoms. The fourth-order valence-electron chi connectivity index (χ4n) is 2.15. The van der Waals surface area contributed by atoms with Crippen LogP contribution < -0.4 is 11.3 Å². The van der Waals surface area contributed by atoms with E-state index in [9.17, 15) is 0 Å². The van der Waals surface area contributed by atoms with Crippen molar-refractivity contribution in [1.82, 2.24) is 5.43 Å². The van der Waals surface area contributed by atoms with E-state index in [0.29, 0.717) is 0 Å². The Labute approximate surface area is 127 Å². The second-order valence-electron chi connectivity index (χ2n) is 4.55. The fourth-order valence-corrected chi connectivity index (χ4v) is 2.77. The van der Waals surface area contributed by atoms with Crippen LogP contribution in [0.2, 0.25) is 5.02 Å². The van der Waals surface area contributed by atoms with Gasteiger partial charge in [0.15, 0.2) is 0 Å². The van der Waals surface area contributed by atoms with Crippen molar-refractivity contribution in [3.63, 3.8) is 0 Å². The van der Waals surface area contributed by atoms with Crippen LogP contribution in [0.5, 0.6) is 0 Å². The van der Waals surface area contributed by atoms with Crippen LogP contribution in [0.1, 0.15) is 22.7 Å². The smallest absolute Gasteiger partial charge is 0.0503 e. The molecule has 3 N–H and O–H groups in total. The van der Waals surface area contributed by atoms with E-state index < -0.39 is 0 Å². The zero-order chi connectivity index (χ0) is 13.8. The van der Waals surface area contributed by atoms with Gasteiger partial charge in [-0.15, -0.1) is 0 Å². The minimum Gasteiger partial charge on any atom is -0.271 e. The first kappa shape index (κ1) is 14.5. The number of hydrogen-bond donors (Lipinski definition) is 2. The Morgan fingerprint density at radius 2 is 2.05 bits per heavy atom. The molecule has 0 fully saturated rings. The van der Waals surface area contributed by atoms with Gasteiger partial charge in [0.05, 0.1) is 6.04 Å². The fraction of sp³-hybridized carbons (Fsp3) is 0.200.